The second-order valence-corrected chi connectivity index (χ2v) is 6.44. The summed E-state index contributed by atoms with van der Waals surface area (Å²) in [6.45, 7) is 0.0265. The fourth-order valence-corrected chi connectivity index (χ4v) is 3.41. The molecule has 108 valence electrons. The van der Waals surface area contributed by atoms with Crippen LogP contribution in [0, 0.1) is 0 Å². The van der Waals surface area contributed by atoms with E-state index in [-0.39, 0.29) is 16.5 Å². The number of hydrogen-bond donors (Lipinski definition) is 1. The summed E-state index contributed by atoms with van der Waals surface area (Å²) in [5.74, 6) is 0.501. The number of pyridine rings is 1. The fraction of sp³-hybridized carbons (Fsp3) is 0.0769. The zero-order valence-corrected chi connectivity index (χ0v) is 12.3. The summed E-state index contributed by atoms with van der Waals surface area (Å²) in [6, 6.07) is 11.7. The Morgan fingerprint density at radius 2 is 1.86 bits per heavy atom. The van der Waals surface area contributed by atoms with Gasteiger partial charge in [-0.25, -0.2) is 13.1 Å². The van der Waals surface area contributed by atoms with Crippen LogP contribution in [0.3, 0.4) is 0 Å². The van der Waals surface area contributed by atoms with Crippen LogP contribution in [0.5, 0.6) is 0 Å². The van der Waals surface area contributed by atoms with Crippen LogP contribution in [0.15, 0.2) is 53.6 Å². The van der Waals surface area contributed by atoms with Crippen molar-refractivity contribution in [3.63, 3.8) is 0 Å². The normalized spacial score (nSPS) is 11.9. The molecule has 0 aliphatic rings. The third kappa shape index (κ3) is 2.76. The molecule has 0 radical (unpaired) electrons. The van der Waals surface area contributed by atoms with Gasteiger partial charge in [0.1, 0.15) is 4.90 Å². The minimum Gasteiger partial charge on any atom is -0.285 e. The van der Waals surface area contributed by atoms with Crippen LogP contribution in [0.4, 0.5) is 0 Å². The smallest absolute Gasteiger partial charge is 0.242 e. The summed E-state index contributed by atoms with van der Waals surface area (Å²) in [7, 11) is -3.70. The van der Waals surface area contributed by atoms with Gasteiger partial charge >= 0.3 is 0 Å². The average molecular weight is 323 g/mol. The molecule has 2 heterocycles. The SMILES string of the molecule is O=S(=O)(NCc1nnc2ccccn12)c1ccccc1Cl. The second-order valence-electron chi connectivity index (χ2n) is 4.30. The van der Waals surface area contributed by atoms with E-state index in [2.05, 4.69) is 14.9 Å². The molecule has 0 aliphatic heterocycles. The van der Waals surface area contributed by atoms with Gasteiger partial charge in [-0.2, -0.15) is 0 Å². The Labute approximate surface area is 126 Å². The van der Waals surface area contributed by atoms with Crippen LogP contribution >= 0.6 is 11.6 Å². The van der Waals surface area contributed by atoms with Crippen molar-refractivity contribution < 1.29 is 8.42 Å². The van der Waals surface area contributed by atoms with Gasteiger partial charge < -0.3 is 0 Å². The summed E-state index contributed by atoms with van der Waals surface area (Å²) in [5, 5.41) is 8.11. The molecular weight excluding hydrogens is 312 g/mol. The Morgan fingerprint density at radius 3 is 2.67 bits per heavy atom. The molecule has 3 aromatic rings. The number of rotatable bonds is 4. The van der Waals surface area contributed by atoms with E-state index in [1.54, 1.807) is 28.8 Å². The van der Waals surface area contributed by atoms with E-state index >= 15 is 0 Å². The summed E-state index contributed by atoms with van der Waals surface area (Å²) in [4.78, 5) is 0.0421. The highest BCUT2D eigenvalue weighted by molar-refractivity contribution is 7.89. The van der Waals surface area contributed by atoms with Crippen LogP contribution in [-0.4, -0.2) is 23.0 Å². The van der Waals surface area contributed by atoms with Gasteiger partial charge in [0.25, 0.3) is 0 Å². The van der Waals surface area contributed by atoms with Gasteiger partial charge in [0, 0.05) is 6.20 Å². The lowest BCUT2D eigenvalue weighted by Crippen LogP contribution is -2.24. The number of sulfonamides is 1. The largest absolute Gasteiger partial charge is 0.285 e. The van der Waals surface area contributed by atoms with Crippen LogP contribution in [0.2, 0.25) is 5.02 Å². The second kappa shape index (κ2) is 5.44. The van der Waals surface area contributed by atoms with Crippen molar-refractivity contribution in [2.45, 2.75) is 11.4 Å². The maximum Gasteiger partial charge on any atom is 0.242 e. The van der Waals surface area contributed by atoms with Gasteiger partial charge in [-0.3, -0.25) is 4.40 Å². The van der Waals surface area contributed by atoms with Crippen molar-refractivity contribution in [2.24, 2.45) is 0 Å². The van der Waals surface area contributed by atoms with Crippen molar-refractivity contribution in [3.8, 4) is 0 Å². The number of nitrogens with one attached hydrogen (secondary N) is 1. The van der Waals surface area contributed by atoms with Gasteiger partial charge in [0.05, 0.1) is 11.6 Å². The summed E-state index contributed by atoms with van der Waals surface area (Å²) >= 11 is 5.91. The lowest BCUT2D eigenvalue weighted by molar-refractivity contribution is 0.579. The zero-order chi connectivity index (χ0) is 14.9. The molecule has 8 heteroatoms. The van der Waals surface area contributed by atoms with Crippen molar-refractivity contribution in [2.75, 3.05) is 0 Å². The van der Waals surface area contributed by atoms with Gasteiger partial charge in [-0.05, 0) is 24.3 Å². The molecule has 2 aromatic heterocycles. The number of fused-ring (bicyclic) bond motifs is 1. The van der Waals surface area contributed by atoms with E-state index in [4.69, 9.17) is 11.6 Å². The minimum absolute atomic E-state index is 0.0265. The highest BCUT2D eigenvalue weighted by Gasteiger charge is 2.18. The summed E-state index contributed by atoms with van der Waals surface area (Å²) in [5.41, 5.74) is 0.657. The van der Waals surface area contributed by atoms with E-state index in [0.717, 1.165) is 0 Å². The highest BCUT2D eigenvalue weighted by atomic mass is 35.5. The molecule has 0 atom stereocenters. The lowest BCUT2D eigenvalue weighted by atomic mass is 10.4. The van der Waals surface area contributed by atoms with Gasteiger partial charge in [0.15, 0.2) is 11.5 Å². The molecule has 0 saturated heterocycles. The van der Waals surface area contributed by atoms with Gasteiger partial charge in [-0.15, -0.1) is 10.2 Å². The van der Waals surface area contributed by atoms with Crippen LogP contribution in [0.1, 0.15) is 5.82 Å². The molecular formula is C13H11ClN4O2S. The molecule has 0 spiro atoms. The Bertz CT molecular complexity index is 892. The predicted octanol–water partition coefficient (Wildman–Crippen LogP) is 1.86. The molecule has 0 bridgehead atoms. The Morgan fingerprint density at radius 1 is 1.10 bits per heavy atom. The van der Waals surface area contributed by atoms with Crippen molar-refractivity contribution in [3.05, 3.63) is 59.5 Å². The molecule has 3 rings (SSSR count). The first kappa shape index (κ1) is 14.0. The third-order valence-corrected chi connectivity index (χ3v) is 4.83. The van der Waals surface area contributed by atoms with Crippen LogP contribution < -0.4 is 4.72 Å². The number of halogens is 1. The predicted molar refractivity (Wildman–Crippen MR) is 78.5 cm³/mol. The molecule has 6 nitrogen and oxygen atoms in total. The van der Waals surface area contributed by atoms with Gasteiger partial charge in [-0.1, -0.05) is 29.8 Å². The van der Waals surface area contributed by atoms with Crippen LogP contribution in [0.25, 0.3) is 5.65 Å². The first-order valence-corrected chi connectivity index (χ1v) is 7.97. The molecule has 1 N–H and O–H groups in total. The number of aromatic nitrogens is 3. The van der Waals surface area contributed by atoms with E-state index in [9.17, 15) is 8.42 Å². The first-order valence-electron chi connectivity index (χ1n) is 6.11. The van der Waals surface area contributed by atoms with Crippen molar-refractivity contribution >= 4 is 27.3 Å². The molecule has 1 aromatic carbocycles. The fourth-order valence-electron chi connectivity index (χ4n) is 1.91. The monoisotopic (exact) mass is 322 g/mol. The lowest BCUT2D eigenvalue weighted by Gasteiger charge is -2.07. The minimum atomic E-state index is -3.70. The molecule has 21 heavy (non-hydrogen) atoms. The first-order chi connectivity index (χ1) is 10.1. The van der Waals surface area contributed by atoms with E-state index in [0.29, 0.717) is 11.5 Å². The average Bonchev–Trinajstić information content (AvgIpc) is 2.89. The number of benzene rings is 1. The Balaban J connectivity index is 1.86. The number of nitrogens with zero attached hydrogens (tertiary/aromatic N) is 3. The molecule has 0 unspecified atom stereocenters. The van der Waals surface area contributed by atoms with E-state index in [1.165, 1.54) is 12.1 Å². The number of hydrogen-bond acceptors (Lipinski definition) is 4. The van der Waals surface area contributed by atoms with Gasteiger partial charge in [0.2, 0.25) is 10.0 Å². The maximum absolute atomic E-state index is 12.2. The topological polar surface area (TPSA) is 76.4 Å². The molecule has 0 amide bonds. The molecule has 0 fully saturated rings. The summed E-state index contributed by atoms with van der Waals surface area (Å²) in [6.07, 6.45) is 1.77. The highest BCUT2D eigenvalue weighted by Crippen LogP contribution is 2.20. The van der Waals surface area contributed by atoms with E-state index in [1.807, 2.05) is 12.1 Å². The molecule has 0 aliphatic carbocycles. The van der Waals surface area contributed by atoms with E-state index < -0.39 is 10.0 Å². The quantitative estimate of drug-likeness (QED) is 0.795. The third-order valence-electron chi connectivity index (χ3n) is 2.93. The zero-order valence-electron chi connectivity index (χ0n) is 10.8. The maximum atomic E-state index is 12.2. The Hall–Kier alpha value is -1.96. The Kier molecular flexibility index (Phi) is 3.62. The van der Waals surface area contributed by atoms with Crippen LogP contribution in [-0.2, 0) is 16.6 Å². The van der Waals surface area contributed by atoms with Crippen molar-refractivity contribution in [1.29, 1.82) is 0 Å². The van der Waals surface area contributed by atoms with Crippen molar-refractivity contribution in [1.82, 2.24) is 19.3 Å². The summed E-state index contributed by atoms with van der Waals surface area (Å²) < 4.78 is 28.7. The standard InChI is InChI=1S/C13H11ClN4O2S/c14-10-5-1-2-6-11(10)21(19,20)15-9-13-17-16-12-7-3-4-8-18(12)13/h1-8,15H,9H2. The molecule has 0 saturated carbocycles.